The molecule has 0 unspecified atom stereocenters. The number of benzene rings is 3. The number of carbonyl (C=O) groups is 2. The molecule has 0 atom stereocenters. The molecule has 0 saturated carbocycles. The molecule has 2 amide bonds. The second kappa shape index (κ2) is 10.2. The molecule has 0 saturated heterocycles. The highest BCUT2D eigenvalue weighted by Crippen LogP contribution is 2.32. The van der Waals surface area contributed by atoms with Crippen LogP contribution in [0.4, 0.5) is 5.69 Å². The number of hydrogen-bond donors (Lipinski definition) is 2. The Morgan fingerprint density at radius 2 is 1.88 bits per heavy atom. The number of rotatable bonds is 7. The van der Waals surface area contributed by atoms with Crippen molar-refractivity contribution in [3.05, 3.63) is 83.4 Å². The van der Waals surface area contributed by atoms with E-state index in [2.05, 4.69) is 10.6 Å². The topological polar surface area (TPSA) is 76.7 Å². The van der Waals surface area contributed by atoms with Gasteiger partial charge in [-0.15, -0.1) is 11.8 Å². The molecule has 6 nitrogen and oxygen atoms in total. The fraction of sp³-hybridized carbons (Fsp3) is 0.200. The number of carbonyl (C=O) groups excluding carboxylic acids is 2. The summed E-state index contributed by atoms with van der Waals surface area (Å²) < 4.78 is 11.4. The number of fused-ring (bicyclic) bond motifs is 1. The summed E-state index contributed by atoms with van der Waals surface area (Å²) in [7, 11) is 1.59. The van der Waals surface area contributed by atoms with E-state index in [0.717, 1.165) is 21.8 Å². The zero-order valence-corrected chi connectivity index (χ0v) is 18.5. The van der Waals surface area contributed by atoms with Gasteiger partial charge in [0, 0.05) is 29.2 Å². The number of hydrogen-bond acceptors (Lipinski definition) is 5. The largest absolute Gasteiger partial charge is 0.493 e. The van der Waals surface area contributed by atoms with Gasteiger partial charge in [-0.1, -0.05) is 36.4 Å². The molecule has 1 aliphatic rings. The Morgan fingerprint density at radius 1 is 1.03 bits per heavy atom. The summed E-state index contributed by atoms with van der Waals surface area (Å²) in [5.41, 5.74) is 3.15. The molecule has 3 aromatic rings. The van der Waals surface area contributed by atoms with Crippen LogP contribution < -0.4 is 20.1 Å². The van der Waals surface area contributed by atoms with Crippen LogP contribution in [0, 0.1) is 0 Å². The SMILES string of the molecule is COc1cc(CNC(=O)c2ccc3c(c2)NC(=O)CCS3)ccc1OCc1ccccc1. The number of thioether (sulfide) groups is 1. The maximum Gasteiger partial charge on any atom is 0.251 e. The first-order chi connectivity index (χ1) is 15.6. The summed E-state index contributed by atoms with van der Waals surface area (Å²) in [4.78, 5) is 25.4. The first-order valence-corrected chi connectivity index (χ1v) is 11.3. The molecule has 2 N–H and O–H groups in total. The van der Waals surface area contributed by atoms with Crippen LogP contribution in [0.5, 0.6) is 11.5 Å². The molecule has 32 heavy (non-hydrogen) atoms. The Morgan fingerprint density at radius 3 is 2.69 bits per heavy atom. The van der Waals surface area contributed by atoms with E-state index in [0.29, 0.717) is 42.3 Å². The van der Waals surface area contributed by atoms with Gasteiger partial charge in [0.2, 0.25) is 5.91 Å². The van der Waals surface area contributed by atoms with E-state index in [1.807, 2.05) is 54.6 Å². The maximum atomic E-state index is 12.7. The van der Waals surface area contributed by atoms with Crippen molar-refractivity contribution in [3.8, 4) is 11.5 Å². The molecule has 0 bridgehead atoms. The van der Waals surface area contributed by atoms with Crippen LogP contribution in [-0.2, 0) is 17.9 Å². The number of nitrogens with one attached hydrogen (secondary N) is 2. The average Bonchev–Trinajstić information content (AvgIpc) is 3.01. The first-order valence-electron chi connectivity index (χ1n) is 10.3. The van der Waals surface area contributed by atoms with Crippen molar-refractivity contribution in [2.45, 2.75) is 24.5 Å². The van der Waals surface area contributed by atoms with E-state index < -0.39 is 0 Å². The van der Waals surface area contributed by atoms with Crippen molar-refractivity contribution in [1.82, 2.24) is 5.32 Å². The molecule has 1 heterocycles. The Labute approximate surface area is 191 Å². The molecular weight excluding hydrogens is 424 g/mol. The lowest BCUT2D eigenvalue weighted by Gasteiger charge is -2.13. The van der Waals surface area contributed by atoms with Gasteiger partial charge in [-0.25, -0.2) is 0 Å². The summed E-state index contributed by atoms with van der Waals surface area (Å²) in [6.07, 6.45) is 0.466. The molecule has 0 fully saturated rings. The van der Waals surface area contributed by atoms with Gasteiger partial charge < -0.3 is 20.1 Å². The zero-order chi connectivity index (χ0) is 22.3. The molecule has 0 spiro atoms. The third-order valence-corrected chi connectivity index (χ3v) is 6.10. The quantitative estimate of drug-likeness (QED) is 0.551. The summed E-state index contributed by atoms with van der Waals surface area (Å²) in [5.74, 6) is 1.75. The van der Waals surface area contributed by atoms with E-state index in [1.165, 1.54) is 0 Å². The Bertz CT molecular complexity index is 1120. The minimum atomic E-state index is -0.209. The van der Waals surface area contributed by atoms with Gasteiger partial charge in [0.25, 0.3) is 5.91 Å². The standard InChI is InChI=1S/C25H24N2O4S/c1-30-22-13-18(7-9-21(22)31-16-17-5-3-2-4-6-17)15-26-25(29)19-8-10-23-20(14-19)27-24(28)11-12-32-23/h2-10,13-14H,11-12,15-16H2,1H3,(H,26,29)(H,27,28). The summed E-state index contributed by atoms with van der Waals surface area (Å²) in [5, 5.41) is 5.79. The summed E-state index contributed by atoms with van der Waals surface area (Å²) in [6.45, 7) is 0.785. The van der Waals surface area contributed by atoms with Crippen LogP contribution in [0.2, 0.25) is 0 Å². The number of methoxy groups -OCH3 is 1. The molecule has 1 aliphatic heterocycles. The highest BCUT2D eigenvalue weighted by atomic mass is 32.2. The van der Waals surface area contributed by atoms with Crippen molar-refractivity contribution in [1.29, 1.82) is 0 Å². The van der Waals surface area contributed by atoms with Crippen LogP contribution in [0.1, 0.15) is 27.9 Å². The van der Waals surface area contributed by atoms with E-state index in [1.54, 1.807) is 31.0 Å². The fourth-order valence-corrected chi connectivity index (χ4v) is 4.26. The van der Waals surface area contributed by atoms with Crippen LogP contribution in [0.15, 0.2) is 71.6 Å². The molecule has 0 aliphatic carbocycles. The molecule has 4 rings (SSSR count). The van der Waals surface area contributed by atoms with E-state index in [-0.39, 0.29) is 11.8 Å². The predicted octanol–water partition coefficient (Wildman–Crippen LogP) is 4.64. The number of amides is 2. The first kappa shape index (κ1) is 21.8. The van der Waals surface area contributed by atoms with E-state index in [9.17, 15) is 9.59 Å². The lowest BCUT2D eigenvalue weighted by molar-refractivity contribution is -0.115. The van der Waals surface area contributed by atoms with Gasteiger partial charge in [-0.2, -0.15) is 0 Å². The van der Waals surface area contributed by atoms with Gasteiger partial charge in [0.05, 0.1) is 12.8 Å². The molecule has 164 valence electrons. The Balaban J connectivity index is 1.39. The summed E-state index contributed by atoms with van der Waals surface area (Å²) in [6, 6.07) is 20.9. The van der Waals surface area contributed by atoms with Gasteiger partial charge in [-0.05, 0) is 41.5 Å². The minimum Gasteiger partial charge on any atom is -0.493 e. The van der Waals surface area contributed by atoms with E-state index >= 15 is 0 Å². The van der Waals surface area contributed by atoms with E-state index in [4.69, 9.17) is 9.47 Å². The van der Waals surface area contributed by atoms with Gasteiger partial charge >= 0.3 is 0 Å². The second-order valence-electron chi connectivity index (χ2n) is 7.30. The molecule has 0 radical (unpaired) electrons. The normalized spacial score (nSPS) is 12.8. The Hall–Kier alpha value is -3.45. The summed E-state index contributed by atoms with van der Waals surface area (Å²) >= 11 is 1.61. The third kappa shape index (κ3) is 5.42. The predicted molar refractivity (Wildman–Crippen MR) is 125 cm³/mol. The van der Waals surface area contributed by atoms with Crippen LogP contribution >= 0.6 is 11.8 Å². The van der Waals surface area contributed by atoms with Gasteiger partial charge in [0.1, 0.15) is 6.61 Å². The third-order valence-electron chi connectivity index (χ3n) is 5.02. The number of anilines is 1. The van der Waals surface area contributed by atoms with Crippen LogP contribution in [0.3, 0.4) is 0 Å². The maximum absolute atomic E-state index is 12.7. The van der Waals surface area contributed by atoms with Crippen molar-refractivity contribution in [2.75, 3.05) is 18.2 Å². The van der Waals surface area contributed by atoms with Gasteiger partial charge in [0.15, 0.2) is 11.5 Å². The Kier molecular flexibility index (Phi) is 6.97. The van der Waals surface area contributed by atoms with Crippen molar-refractivity contribution in [2.24, 2.45) is 0 Å². The average molecular weight is 449 g/mol. The highest BCUT2D eigenvalue weighted by Gasteiger charge is 2.16. The van der Waals surface area contributed by atoms with Crippen LogP contribution in [-0.4, -0.2) is 24.7 Å². The molecular formula is C25H24N2O4S. The lowest BCUT2D eigenvalue weighted by atomic mass is 10.1. The van der Waals surface area contributed by atoms with Crippen molar-refractivity contribution >= 4 is 29.3 Å². The zero-order valence-electron chi connectivity index (χ0n) is 17.7. The van der Waals surface area contributed by atoms with Crippen molar-refractivity contribution in [3.63, 3.8) is 0 Å². The monoisotopic (exact) mass is 448 g/mol. The van der Waals surface area contributed by atoms with Crippen LogP contribution in [0.25, 0.3) is 0 Å². The lowest BCUT2D eigenvalue weighted by Crippen LogP contribution is -2.23. The smallest absolute Gasteiger partial charge is 0.251 e. The molecule has 0 aromatic heterocycles. The second-order valence-corrected chi connectivity index (χ2v) is 8.44. The van der Waals surface area contributed by atoms with Crippen molar-refractivity contribution < 1.29 is 19.1 Å². The molecule has 3 aromatic carbocycles. The number of ether oxygens (including phenoxy) is 2. The molecule has 7 heteroatoms. The fourth-order valence-electron chi connectivity index (χ4n) is 3.32. The van der Waals surface area contributed by atoms with Gasteiger partial charge in [-0.3, -0.25) is 9.59 Å². The highest BCUT2D eigenvalue weighted by molar-refractivity contribution is 7.99. The minimum absolute atomic E-state index is 0.0320.